The number of nitrogen functional groups attached to an aromatic ring is 1. The first-order valence-electron chi connectivity index (χ1n) is 12.3. The van der Waals surface area contributed by atoms with Crippen LogP contribution in [-0.2, 0) is 0 Å². The Morgan fingerprint density at radius 1 is 0.875 bits per heavy atom. The first kappa shape index (κ1) is 26.0. The molecule has 1 aromatic carbocycles. The zero-order valence-corrected chi connectivity index (χ0v) is 25.3. The van der Waals surface area contributed by atoms with Crippen molar-refractivity contribution in [2.75, 3.05) is 18.9 Å². The molecule has 3 nitrogen and oxygen atoms in total. The molecule has 0 bridgehead atoms. The molecule has 0 aliphatic rings. The molecule has 32 heavy (non-hydrogen) atoms. The van der Waals surface area contributed by atoms with Gasteiger partial charge in [0.25, 0.3) is 0 Å². The topological polar surface area (TPSA) is 44.5 Å². The van der Waals surface area contributed by atoms with E-state index in [2.05, 4.69) is 47.7 Å². The molecular formula is C26H41NO2S2Sn. The van der Waals surface area contributed by atoms with Gasteiger partial charge in [0.2, 0.25) is 0 Å². The summed E-state index contributed by atoms with van der Waals surface area (Å²) in [6, 6.07) is 4.52. The van der Waals surface area contributed by atoms with E-state index >= 15 is 0 Å². The fourth-order valence-electron chi connectivity index (χ4n) is 4.00. The van der Waals surface area contributed by atoms with Crippen LogP contribution in [0.5, 0.6) is 11.5 Å². The third-order valence-electron chi connectivity index (χ3n) is 6.13. The molecule has 2 aromatic heterocycles. The Hall–Kier alpha value is -0.661. The van der Waals surface area contributed by atoms with Gasteiger partial charge in [-0.25, -0.2) is 0 Å². The predicted octanol–water partition coefficient (Wildman–Crippen LogP) is 8.41. The number of benzene rings is 1. The van der Waals surface area contributed by atoms with Crippen LogP contribution in [0, 0.1) is 5.92 Å². The molecule has 0 aliphatic carbocycles. The second-order valence-electron chi connectivity index (χ2n) is 9.94. The number of hydrogen-bond donors (Lipinski definition) is 1. The number of hydrogen-bond acceptors (Lipinski definition) is 5. The quantitative estimate of drug-likeness (QED) is 0.163. The minimum absolute atomic E-state index is 0.599. The van der Waals surface area contributed by atoms with E-state index in [1.165, 1.54) is 42.2 Å². The molecule has 6 heteroatoms. The number of fused-ring (bicyclic) bond motifs is 2. The van der Waals surface area contributed by atoms with Crippen LogP contribution in [0.1, 0.15) is 65.7 Å². The van der Waals surface area contributed by atoms with Gasteiger partial charge in [0.15, 0.2) is 0 Å². The predicted molar refractivity (Wildman–Crippen MR) is 148 cm³/mol. The zero-order valence-electron chi connectivity index (χ0n) is 20.8. The van der Waals surface area contributed by atoms with Gasteiger partial charge in [-0.2, -0.15) is 0 Å². The average Bonchev–Trinajstić information content (AvgIpc) is 3.35. The van der Waals surface area contributed by atoms with Crippen molar-refractivity contribution >= 4 is 69.1 Å². The molecule has 1 atom stereocenters. The van der Waals surface area contributed by atoms with Crippen LogP contribution in [0.4, 0.5) is 5.00 Å². The fourth-order valence-corrected chi connectivity index (χ4v) is 11.3. The van der Waals surface area contributed by atoms with Crippen LogP contribution in [0.2, 0.25) is 14.8 Å². The normalized spacial score (nSPS) is 13.2. The van der Waals surface area contributed by atoms with Gasteiger partial charge in [0.1, 0.15) is 0 Å². The Labute approximate surface area is 206 Å². The van der Waals surface area contributed by atoms with Crippen LogP contribution in [0.3, 0.4) is 0 Å². The monoisotopic (exact) mass is 583 g/mol. The minimum atomic E-state index is -2.24. The van der Waals surface area contributed by atoms with E-state index in [4.69, 9.17) is 15.2 Å². The van der Waals surface area contributed by atoms with Gasteiger partial charge in [0.05, 0.1) is 0 Å². The van der Waals surface area contributed by atoms with Crippen LogP contribution in [-0.4, -0.2) is 31.6 Å². The molecule has 2 heterocycles. The van der Waals surface area contributed by atoms with E-state index in [1.807, 2.05) is 11.3 Å². The number of ether oxygens (including phenoxy) is 2. The molecule has 0 fully saturated rings. The second-order valence-corrected chi connectivity index (χ2v) is 27.5. The average molecular weight is 582 g/mol. The van der Waals surface area contributed by atoms with Crippen LogP contribution in [0.15, 0.2) is 12.1 Å². The molecule has 3 aromatic rings. The number of anilines is 1. The molecule has 3 rings (SSSR count). The molecule has 0 spiro atoms. The molecule has 0 saturated carbocycles. The summed E-state index contributed by atoms with van der Waals surface area (Å²) in [5.74, 6) is 2.66. The number of unbranched alkanes of at least 4 members (excludes halogenated alkanes) is 3. The van der Waals surface area contributed by atoms with E-state index in [-0.39, 0.29) is 0 Å². The summed E-state index contributed by atoms with van der Waals surface area (Å²) in [6.45, 7) is 8.31. The summed E-state index contributed by atoms with van der Waals surface area (Å²) >= 11 is 1.34. The molecule has 2 N–H and O–H groups in total. The molecule has 0 saturated heterocycles. The van der Waals surface area contributed by atoms with Gasteiger partial charge in [-0.05, 0) is 0 Å². The van der Waals surface area contributed by atoms with E-state index < -0.39 is 18.4 Å². The maximum atomic E-state index is 6.65. The Bertz CT molecular complexity index is 1020. The first-order valence-corrected chi connectivity index (χ1v) is 24.0. The van der Waals surface area contributed by atoms with Gasteiger partial charge in [0, 0.05) is 0 Å². The summed E-state index contributed by atoms with van der Waals surface area (Å²) in [7, 11) is 0. The van der Waals surface area contributed by atoms with Crippen molar-refractivity contribution in [3.8, 4) is 11.5 Å². The standard InChI is InChI=1S/C23H32NO2S2.3CH3.Sn/c1-4-7-9-12-25-21-18-14-19(24)28-23(18)20(17-11-13-27-22(17)21)26-15-16(6-3)10-8-5-2;;;;/h11,14,16H,4-10,12,15,24H2,1-3H3;3*1H3;. The Morgan fingerprint density at radius 3 is 2.19 bits per heavy atom. The first-order chi connectivity index (χ1) is 15.3. The van der Waals surface area contributed by atoms with E-state index in [0.29, 0.717) is 5.92 Å². The summed E-state index contributed by atoms with van der Waals surface area (Å²) < 4.78 is 17.1. The summed E-state index contributed by atoms with van der Waals surface area (Å²) in [4.78, 5) is 7.46. The Morgan fingerprint density at radius 2 is 1.53 bits per heavy atom. The van der Waals surface area contributed by atoms with Crippen molar-refractivity contribution in [3.63, 3.8) is 0 Å². The summed E-state index contributed by atoms with van der Waals surface area (Å²) in [5, 5.41) is 3.20. The molecule has 178 valence electrons. The Balaban J connectivity index is 2.09. The van der Waals surface area contributed by atoms with E-state index in [1.54, 1.807) is 14.2 Å². The molecule has 0 aliphatic heterocycles. The second kappa shape index (κ2) is 11.7. The summed E-state index contributed by atoms with van der Waals surface area (Å²) in [5.41, 5.74) is 6.30. The fraction of sp³-hybridized carbons (Fsp3) is 0.615. The van der Waals surface area contributed by atoms with Crippen LogP contribution < -0.4 is 18.1 Å². The number of rotatable bonds is 13. The zero-order chi connectivity index (χ0) is 23.3. The molecular weight excluding hydrogens is 541 g/mol. The SMILES string of the molecule is CCCCCOc1c2cc(N)sc2c(OCC(CC)CCCC)c2c[c]([Sn]([CH3])([CH3])[CH3])sc12. The van der Waals surface area contributed by atoms with Gasteiger partial charge < -0.3 is 0 Å². The number of thiophene rings is 2. The van der Waals surface area contributed by atoms with Crippen LogP contribution >= 0.6 is 22.7 Å². The summed E-state index contributed by atoms with van der Waals surface area (Å²) in [6.07, 6.45) is 8.38. The van der Waals surface area contributed by atoms with Crippen molar-refractivity contribution in [1.82, 2.24) is 0 Å². The van der Waals surface area contributed by atoms with Crippen molar-refractivity contribution < 1.29 is 9.47 Å². The third-order valence-corrected chi connectivity index (χ3v) is 17.6. The van der Waals surface area contributed by atoms with Crippen LogP contribution in [0.25, 0.3) is 20.2 Å². The van der Waals surface area contributed by atoms with Crippen molar-refractivity contribution in [2.24, 2.45) is 5.92 Å². The Kier molecular flexibility index (Phi) is 9.45. The molecule has 0 amide bonds. The van der Waals surface area contributed by atoms with Gasteiger partial charge >= 0.3 is 208 Å². The van der Waals surface area contributed by atoms with E-state index in [0.717, 1.165) is 52.6 Å². The third kappa shape index (κ3) is 6.06. The van der Waals surface area contributed by atoms with Gasteiger partial charge in [-0.3, -0.25) is 0 Å². The van der Waals surface area contributed by atoms with Crippen molar-refractivity contribution in [2.45, 2.75) is 80.5 Å². The molecule has 0 radical (unpaired) electrons. The van der Waals surface area contributed by atoms with Gasteiger partial charge in [-0.15, -0.1) is 0 Å². The molecule has 1 unspecified atom stereocenters. The van der Waals surface area contributed by atoms with Crippen molar-refractivity contribution in [3.05, 3.63) is 12.1 Å². The van der Waals surface area contributed by atoms with Gasteiger partial charge in [-0.1, -0.05) is 0 Å². The van der Waals surface area contributed by atoms with Crippen molar-refractivity contribution in [1.29, 1.82) is 0 Å². The number of nitrogens with two attached hydrogens (primary N) is 1. The maximum absolute atomic E-state index is 6.65. The van der Waals surface area contributed by atoms with E-state index in [9.17, 15) is 0 Å².